The van der Waals surface area contributed by atoms with Crippen molar-refractivity contribution in [1.29, 1.82) is 0 Å². The summed E-state index contributed by atoms with van der Waals surface area (Å²) in [5, 5.41) is 9.27. The van der Waals surface area contributed by atoms with E-state index in [0.717, 1.165) is 44.0 Å². The monoisotopic (exact) mass is 436 g/mol. The molecule has 2 N–H and O–H groups in total. The standard InChI is InChI=1S/C26H21FN6/c1-4-21-19(11-16(3)22-7-5-6-8-29-22)25(33-32-21)26-30-23-14-28-13-20(24(23)31-26)17-9-15(2)10-18(27)12-17/h4-14,32H,3H2,1-2H3,(H,30,31)/b19-11+,21-4+. The number of rotatable bonds is 4. The van der Waals surface area contributed by atoms with Gasteiger partial charge in [0, 0.05) is 23.2 Å². The number of aromatic amines is 2. The van der Waals surface area contributed by atoms with Crippen LogP contribution in [0.4, 0.5) is 4.39 Å². The highest BCUT2D eigenvalue weighted by molar-refractivity contribution is 5.93. The first kappa shape index (κ1) is 20.5. The summed E-state index contributed by atoms with van der Waals surface area (Å²) in [6.45, 7) is 7.97. The summed E-state index contributed by atoms with van der Waals surface area (Å²) < 4.78 is 14.1. The molecule has 0 spiro atoms. The number of fused-ring (bicyclic) bond motifs is 1. The molecule has 162 valence electrons. The Kier molecular flexibility index (Phi) is 5.14. The number of aromatic nitrogens is 6. The Bertz CT molecular complexity index is 1590. The SMILES string of the molecule is C=C(/C=c1/c(-c2nc3c(-c4cc(C)cc(F)c4)cncc3[nH]2)n[nH]/c1=C/C)c1ccccn1. The summed E-state index contributed by atoms with van der Waals surface area (Å²) in [5.41, 5.74) is 5.94. The first-order valence-corrected chi connectivity index (χ1v) is 10.5. The molecule has 0 aliphatic heterocycles. The molecule has 1 aromatic carbocycles. The largest absolute Gasteiger partial charge is 0.335 e. The van der Waals surface area contributed by atoms with E-state index < -0.39 is 0 Å². The third-order valence-corrected chi connectivity index (χ3v) is 5.41. The number of H-pyrrole nitrogens is 2. The van der Waals surface area contributed by atoms with E-state index in [2.05, 4.69) is 31.7 Å². The number of hydrogen-bond donors (Lipinski definition) is 2. The van der Waals surface area contributed by atoms with E-state index in [1.807, 2.05) is 50.3 Å². The zero-order valence-corrected chi connectivity index (χ0v) is 18.2. The van der Waals surface area contributed by atoms with Crippen LogP contribution in [0.25, 0.3) is 51.4 Å². The van der Waals surface area contributed by atoms with Gasteiger partial charge in [-0.15, -0.1) is 0 Å². The van der Waals surface area contributed by atoms with E-state index in [4.69, 9.17) is 4.98 Å². The van der Waals surface area contributed by atoms with Crippen LogP contribution >= 0.6 is 0 Å². The number of hydrogen-bond acceptors (Lipinski definition) is 4. The minimum Gasteiger partial charge on any atom is -0.335 e. The number of benzene rings is 1. The van der Waals surface area contributed by atoms with Crippen molar-refractivity contribution in [2.24, 2.45) is 0 Å². The van der Waals surface area contributed by atoms with E-state index >= 15 is 0 Å². The lowest BCUT2D eigenvalue weighted by Gasteiger charge is -2.04. The fourth-order valence-electron chi connectivity index (χ4n) is 3.86. The van der Waals surface area contributed by atoms with Gasteiger partial charge >= 0.3 is 0 Å². The van der Waals surface area contributed by atoms with Crippen molar-refractivity contribution < 1.29 is 4.39 Å². The van der Waals surface area contributed by atoms with Gasteiger partial charge in [-0.05, 0) is 60.9 Å². The Hall–Kier alpha value is -4.39. The van der Waals surface area contributed by atoms with Crippen LogP contribution in [0.5, 0.6) is 0 Å². The fourth-order valence-corrected chi connectivity index (χ4v) is 3.86. The van der Waals surface area contributed by atoms with Crippen molar-refractivity contribution >= 4 is 28.8 Å². The third-order valence-electron chi connectivity index (χ3n) is 5.41. The Morgan fingerprint density at radius 1 is 1.15 bits per heavy atom. The maximum atomic E-state index is 14.1. The molecule has 6 nitrogen and oxygen atoms in total. The maximum absolute atomic E-state index is 14.1. The van der Waals surface area contributed by atoms with Gasteiger partial charge in [0.05, 0.1) is 28.3 Å². The van der Waals surface area contributed by atoms with Crippen molar-refractivity contribution in [1.82, 2.24) is 30.1 Å². The average molecular weight is 436 g/mol. The van der Waals surface area contributed by atoms with E-state index in [1.165, 1.54) is 12.1 Å². The molecule has 5 aromatic rings. The van der Waals surface area contributed by atoms with Gasteiger partial charge < -0.3 is 4.98 Å². The highest BCUT2D eigenvalue weighted by atomic mass is 19.1. The highest BCUT2D eigenvalue weighted by Gasteiger charge is 2.15. The van der Waals surface area contributed by atoms with Gasteiger partial charge in [0.25, 0.3) is 0 Å². The summed E-state index contributed by atoms with van der Waals surface area (Å²) in [4.78, 5) is 16.8. The third kappa shape index (κ3) is 3.85. The maximum Gasteiger partial charge on any atom is 0.159 e. The van der Waals surface area contributed by atoms with Crippen LogP contribution in [0.2, 0.25) is 0 Å². The van der Waals surface area contributed by atoms with Gasteiger partial charge in [0.2, 0.25) is 0 Å². The van der Waals surface area contributed by atoms with Gasteiger partial charge in [0.1, 0.15) is 11.5 Å². The quantitative estimate of drug-likeness (QED) is 0.443. The van der Waals surface area contributed by atoms with Crippen LogP contribution in [-0.4, -0.2) is 30.1 Å². The number of aryl methyl sites for hydroxylation is 1. The number of halogens is 1. The summed E-state index contributed by atoms with van der Waals surface area (Å²) in [5.74, 6) is 0.287. The second-order valence-corrected chi connectivity index (χ2v) is 7.76. The van der Waals surface area contributed by atoms with Crippen LogP contribution in [-0.2, 0) is 0 Å². The van der Waals surface area contributed by atoms with Crippen molar-refractivity contribution in [2.75, 3.05) is 0 Å². The van der Waals surface area contributed by atoms with Crippen molar-refractivity contribution in [2.45, 2.75) is 13.8 Å². The van der Waals surface area contributed by atoms with E-state index in [9.17, 15) is 4.39 Å². The lowest BCUT2D eigenvalue weighted by Crippen LogP contribution is -2.23. The molecule has 0 aliphatic rings. The first-order chi connectivity index (χ1) is 16.0. The molecule has 0 radical (unpaired) electrons. The highest BCUT2D eigenvalue weighted by Crippen LogP contribution is 2.29. The number of imidazole rings is 1. The molecule has 0 saturated heterocycles. The summed E-state index contributed by atoms with van der Waals surface area (Å²) >= 11 is 0. The lowest BCUT2D eigenvalue weighted by atomic mass is 10.0. The average Bonchev–Trinajstić information content (AvgIpc) is 3.42. The second-order valence-electron chi connectivity index (χ2n) is 7.76. The molecule has 7 heteroatoms. The zero-order chi connectivity index (χ0) is 22.9. The van der Waals surface area contributed by atoms with Crippen LogP contribution in [0.15, 0.2) is 61.6 Å². The Labute approximate surface area is 189 Å². The summed E-state index contributed by atoms with van der Waals surface area (Å²) in [6.07, 6.45) is 9.03. The molecule has 4 aromatic heterocycles. The van der Waals surface area contributed by atoms with Crippen LogP contribution in [0.1, 0.15) is 18.2 Å². The molecular weight excluding hydrogens is 415 g/mol. The molecule has 4 heterocycles. The first-order valence-electron chi connectivity index (χ1n) is 10.5. The van der Waals surface area contributed by atoms with Gasteiger partial charge in [0.15, 0.2) is 5.82 Å². The predicted octanol–water partition coefficient (Wildman–Crippen LogP) is 4.15. The van der Waals surface area contributed by atoms with Crippen molar-refractivity contribution in [3.8, 4) is 22.6 Å². The molecule has 0 atom stereocenters. The Balaban J connectivity index is 1.68. The number of nitrogens with one attached hydrogen (secondary N) is 2. The smallest absolute Gasteiger partial charge is 0.159 e. The predicted molar refractivity (Wildman–Crippen MR) is 129 cm³/mol. The van der Waals surface area contributed by atoms with E-state index in [0.29, 0.717) is 17.0 Å². The molecule has 33 heavy (non-hydrogen) atoms. The molecule has 0 amide bonds. The molecule has 5 rings (SSSR count). The molecule has 0 aliphatic carbocycles. The van der Waals surface area contributed by atoms with Crippen molar-refractivity contribution in [3.63, 3.8) is 0 Å². The van der Waals surface area contributed by atoms with E-state index in [1.54, 1.807) is 18.6 Å². The van der Waals surface area contributed by atoms with Crippen LogP contribution < -0.4 is 10.6 Å². The number of nitrogens with zero attached hydrogens (tertiary/aromatic N) is 4. The lowest BCUT2D eigenvalue weighted by molar-refractivity contribution is 0.627. The van der Waals surface area contributed by atoms with Gasteiger partial charge in [-0.2, -0.15) is 5.10 Å². The van der Waals surface area contributed by atoms with Gasteiger partial charge in [-0.25, -0.2) is 9.37 Å². The summed E-state index contributed by atoms with van der Waals surface area (Å²) in [7, 11) is 0. The number of allylic oxidation sites excluding steroid dienone is 1. The van der Waals surface area contributed by atoms with E-state index in [-0.39, 0.29) is 5.82 Å². The topological polar surface area (TPSA) is 83.1 Å². The normalized spacial score (nSPS) is 12.6. The Morgan fingerprint density at radius 3 is 2.79 bits per heavy atom. The zero-order valence-electron chi connectivity index (χ0n) is 18.2. The van der Waals surface area contributed by atoms with Gasteiger partial charge in [-0.3, -0.25) is 15.1 Å². The van der Waals surface area contributed by atoms with Gasteiger partial charge in [-0.1, -0.05) is 24.8 Å². The molecule has 0 fully saturated rings. The van der Waals surface area contributed by atoms with Crippen molar-refractivity contribution in [3.05, 3.63) is 89.2 Å². The van der Waals surface area contributed by atoms with Crippen LogP contribution in [0.3, 0.4) is 0 Å². The Morgan fingerprint density at radius 2 is 2.03 bits per heavy atom. The summed E-state index contributed by atoms with van der Waals surface area (Å²) in [6, 6.07) is 10.6. The molecule has 0 saturated carbocycles. The minimum atomic E-state index is -0.293. The van der Waals surface area contributed by atoms with Crippen LogP contribution in [0, 0.1) is 12.7 Å². The minimum absolute atomic E-state index is 0.293. The molecule has 0 bridgehead atoms. The fraction of sp³-hybridized carbons (Fsp3) is 0.0769. The number of pyridine rings is 2. The molecular formula is C26H21FN6. The molecule has 0 unspecified atom stereocenters. The second kappa shape index (κ2) is 8.27.